The number of likely N-dealkylation sites (tertiary alicyclic amines) is 1. The molecule has 0 radical (unpaired) electrons. The van der Waals surface area contributed by atoms with Crippen LogP contribution >= 0.6 is 11.6 Å². The summed E-state index contributed by atoms with van der Waals surface area (Å²) in [4.78, 5) is 189. The number of carbonyl (C=O) groups is 12. The minimum atomic E-state index is -4.54. The molecule has 0 aromatic rings. The van der Waals surface area contributed by atoms with E-state index in [4.69, 9.17) is 11.6 Å². The van der Waals surface area contributed by atoms with Gasteiger partial charge in [-0.3, -0.25) is 57.5 Å². The lowest BCUT2D eigenvalue weighted by Gasteiger charge is -2.42. The van der Waals surface area contributed by atoms with Crippen molar-refractivity contribution in [3.8, 4) is 0 Å². The van der Waals surface area contributed by atoms with Crippen molar-refractivity contribution in [1.29, 1.82) is 0 Å². The summed E-state index contributed by atoms with van der Waals surface area (Å²) in [5.74, 6) is -12.5. The normalized spacial score (nSPS) is 30.7. The van der Waals surface area contributed by atoms with Gasteiger partial charge in [-0.2, -0.15) is 13.2 Å². The van der Waals surface area contributed by atoms with Crippen LogP contribution in [0.2, 0.25) is 0 Å². The van der Waals surface area contributed by atoms with Crippen LogP contribution in [0, 0.1) is 35.5 Å². The van der Waals surface area contributed by atoms with Gasteiger partial charge in [0, 0.05) is 74.8 Å². The van der Waals surface area contributed by atoms with Gasteiger partial charge in [-0.05, 0) is 126 Å². The summed E-state index contributed by atoms with van der Waals surface area (Å²) in [7, 11) is 11.0. The van der Waals surface area contributed by atoms with Crippen molar-refractivity contribution >= 4 is 82.5 Å². The molecule has 6 aliphatic rings. The molecule has 4 saturated carbocycles. The molecule has 101 heavy (non-hydrogen) atoms. The maximum atomic E-state index is 16.2. The molecule has 13 atom stereocenters. The second-order valence-corrected chi connectivity index (χ2v) is 31.3. The highest BCUT2D eigenvalue weighted by molar-refractivity contribution is 6.21. The summed E-state index contributed by atoms with van der Waals surface area (Å²) >= 11 is 6.42. The number of piperidine rings is 1. The molecule has 2 saturated heterocycles. The van der Waals surface area contributed by atoms with Gasteiger partial charge in [0.05, 0.1) is 32.0 Å². The summed E-state index contributed by atoms with van der Waals surface area (Å²) in [6.45, 7) is 7.38. The van der Waals surface area contributed by atoms with Crippen LogP contribution in [0.3, 0.4) is 0 Å². The van der Waals surface area contributed by atoms with Gasteiger partial charge in [-0.1, -0.05) is 91.9 Å². The van der Waals surface area contributed by atoms with Crippen LogP contribution in [0.5, 0.6) is 0 Å². The molecule has 6 rings (SSSR count). The Labute approximate surface area is 600 Å². The molecule has 572 valence electrons. The number of amides is 12. The fourth-order valence-electron chi connectivity index (χ4n) is 16.0. The number of rotatable bonds is 11. The zero-order valence-corrected chi connectivity index (χ0v) is 62.9. The van der Waals surface area contributed by atoms with E-state index in [9.17, 15) is 51.5 Å². The highest BCUT2D eigenvalue weighted by Gasteiger charge is 2.51. The number of nitrogens with one attached hydrogen (secondary N) is 3. The van der Waals surface area contributed by atoms with E-state index in [2.05, 4.69) is 16.0 Å². The predicted octanol–water partition coefficient (Wildman–Crippen LogP) is 6.29. The topological polar surface area (TPSA) is 270 Å². The SMILES string of the molecule is CC[C@H](C)[C@@H]1NC(=O)[C@H](C)N(C)C(=O)C[C@@H](C(=O)N2CCCCC2)N(C)C(=O)[C@H](C(C)C)N(C)C(=O)C2(CCCC2)NC(=O)[C@H](CC2CCCCC2F)N(C)C(=O)[C@H](CCC2CCC(C(F)(F)F)C(Cl)C2)NC(=O)CN(C)C(=O)[C@H](CC2CCCCC2)N(C)C(=O)CN(C)C(=O)CN(C)C1=O. The molecule has 3 N–H and O–H groups in total. The second-order valence-electron chi connectivity index (χ2n) is 30.7. The Hall–Kier alpha value is -6.35. The van der Waals surface area contributed by atoms with Gasteiger partial charge in [0.15, 0.2) is 0 Å². The quantitative estimate of drug-likeness (QED) is 0.152. The first-order valence-corrected chi connectivity index (χ1v) is 37.5. The van der Waals surface area contributed by atoms with E-state index in [1.165, 1.54) is 73.1 Å². The van der Waals surface area contributed by atoms with E-state index in [0.29, 0.717) is 64.5 Å². The number of halogens is 5. The maximum Gasteiger partial charge on any atom is 0.393 e. The second kappa shape index (κ2) is 37.4. The summed E-state index contributed by atoms with van der Waals surface area (Å²) in [5.41, 5.74) is -1.69. The smallest absolute Gasteiger partial charge is 0.343 e. The Balaban J connectivity index is 1.43. The van der Waals surface area contributed by atoms with Crippen LogP contribution in [-0.4, -0.2) is 270 Å². The van der Waals surface area contributed by atoms with Crippen molar-refractivity contribution in [2.45, 2.75) is 261 Å². The third-order valence-corrected chi connectivity index (χ3v) is 23.6. The number of likely N-dealkylation sites (N-methyl/N-ethyl adjacent to an activating group) is 8. The van der Waals surface area contributed by atoms with Crippen molar-refractivity contribution < 1.29 is 75.1 Å². The van der Waals surface area contributed by atoms with Gasteiger partial charge in [0.1, 0.15) is 54.0 Å². The van der Waals surface area contributed by atoms with Crippen molar-refractivity contribution in [3.05, 3.63) is 0 Å². The average molecular weight is 1450 g/mol. The maximum absolute atomic E-state index is 16.2. The Morgan fingerprint density at radius 2 is 1.18 bits per heavy atom. The van der Waals surface area contributed by atoms with Crippen LogP contribution in [0.15, 0.2) is 0 Å². The monoisotopic (exact) mass is 1450 g/mol. The zero-order chi connectivity index (χ0) is 75.1. The Kier molecular flexibility index (Phi) is 30.9. The number of carbonyl (C=O) groups excluding carboxylic acids is 12. The Morgan fingerprint density at radius 3 is 1.77 bits per heavy atom. The minimum absolute atomic E-state index is 0.00344. The fraction of sp³-hybridized carbons (Fsp3) is 0.833. The lowest BCUT2D eigenvalue weighted by molar-refractivity contribution is -0.182. The molecular weight excluding hydrogens is 1340 g/mol. The first-order chi connectivity index (χ1) is 47.4. The molecule has 29 heteroatoms. The third kappa shape index (κ3) is 21.6. The number of hydrogen-bond acceptors (Lipinski definition) is 12. The molecule has 24 nitrogen and oxygen atoms in total. The van der Waals surface area contributed by atoms with Crippen LogP contribution in [0.1, 0.15) is 195 Å². The molecular formula is C72H117ClF4N12O12. The van der Waals surface area contributed by atoms with E-state index in [1.54, 1.807) is 25.7 Å². The summed E-state index contributed by atoms with van der Waals surface area (Å²) in [5, 5.41) is 7.34. The summed E-state index contributed by atoms with van der Waals surface area (Å²) in [6.07, 6.45) is 2.92. The molecule has 5 unspecified atom stereocenters. The number of alkyl halides is 5. The van der Waals surface area contributed by atoms with Gasteiger partial charge in [0.25, 0.3) is 0 Å². The Bertz CT molecular complexity index is 2910. The molecule has 2 aliphatic heterocycles. The molecule has 2 heterocycles. The van der Waals surface area contributed by atoms with Gasteiger partial charge in [-0.15, -0.1) is 11.6 Å². The third-order valence-electron chi connectivity index (χ3n) is 23.1. The predicted molar refractivity (Wildman–Crippen MR) is 372 cm³/mol. The summed E-state index contributed by atoms with van der Waals surface area (Å²) in [6, 6.07) is -9.31. The van der Waals surface area contributed by atoms with Crippen LogP contribution < -0.4 is 16.0 Å². The number of hydrogen-bond donors (Lipinski definition) is 3. The van der Waals surface area contributed by atoms with Crippen molar-refractivity contribution in [2.75, 3.05) is 89.1 Å². The van der Waals surface area contributed by atoms with Crippen molar-refractivity contribution in [3.63, 3.8) is 0 Å². The average Bonchev–Trinajstić information content (AvgIpc) is 1.76. The van der Waals surface area contributed by atoms with E-state index < -0.39 is 192 Å². The molecule has 0 aromatic carbocycles. The van der Waals surface area contributed by atoms with E-state index in [0.717, 1.165) is 67.9 Å². The largest absolute Gasteiger partial charge is 0.393 e. The van der Waals surface area contributed by atoms with E-state index in [-0.39, 0.29) is 70.1 Å². The van der Waals surface area contributed by atoms with E-state index >= 15 is 23.6 Å². The molecule has 1 spiro atoms. The first kappa shape index (κ1) is 83.6. The lowest BCUT2D eigenvalue weighted by atomic mass is 9.78. The van der Waals surface area contributed by atoms with Crippen LogP contribution in [0.25, 0.3) is 0 Å². The van der Waals surface area contributed by atoms with Gasteiger partial charge < -0.3 is 60.0 Å². The Morgan fingerprint density at radius 1 is 0.584 bits per heavy atom. The first-order valence-electron chi connectivity index (χ1n) is 37.1. The standard InChI is InChI=1S/C72H117ClF4N12O12/c1-14-45(4)61-68(99)83(8)42-59(92)81(6)43-60(93)85(10)55(38-47-25-17-15-18-26-47)66(97)82(7)41-57(90)78-53(32-30-48-29-31-50(51(73)37-48)72(75,76)77)65(96)86(11)54(39-49-27-19-20-28-52(49)74)64(95)80-71(33-21-22-34-71)70(101)88(13)62(44(2)3)69(100)87(12)56(67(98)89-35-23-16-24-36-89)40-58(91)84(9)46(5)63(94)79-61/h44-56,61-62H,14-43H2,1-13H3,(H,78,90)(H,79,94)(H,80,95)/t45-,46-,48?,49?,50?,51?,52?,53-,54-,55-,56-,61-,62-/m0/s1. The zero-order valence-electron chi connectivity index (χ0n) is 62.2. The van der Waals surface area contributed by atoms with Crippen LogP contribution in [-0.2, 0) is 57.5 Å². The molecule has 0 bridgehead atoms. The van der Waals surface area contributed by atoms with Gasteiger partial charge in [-0.25, -0.2) is 4.39 Å². The van der Waals surface area contributed by atoms with E-state index in [1.807, 2.05) is 6.92 Å². The highest BCUT2D eigenvalue weighted by atomic mass is 35.5. The lowest BCUT2D eigenvalue weighted by Crippen LogP contribution is -2.65. The molecule has 6 fully saturated rings. The van der Waals surface area contributed by atoms with Gasteiger partial charge >= 0.3 is 6.18 Å². The minimum Gasteiger partial charge on any atom is -0.343 e. The molecule has 0 aromatic heterocycles. The molecule has 12 amide bonds. The van der Waals surface area contributed by atoms with Gasteiger partial charge in [0.2, 0.25) is 70.9 Å². The summed E-state index contributed by atoms with van der Waals surface area (Å²) < 4.78 is 58.4. The van der Waals surface area contributed by atoms with Crippen molar-refractivity contribution in [1.82, 2.24) is 60.0 Å². The fourth-order valence-corrected chi connectivity index (χ4v) is 16.5. The molecule has 4 aliphatic carbocycles. The number of nitrogens with zero attached hydrogens (tertiary/aromatic N) is 9. The van der Waals surface area contributed by atoms with Crippen LogP contribution in [0.4, 0.5) is 17.6 Å². The van der Waals surface area contributed by atoms with Crippen molar-refractivity contribution in [2.24, 2.45) is 35.5 Å². The highest BCUT2D eigenvalue weighted by Crippen LogP contribution is 2.44.